The van der Waals surface area contributed by atoms with Crippen LogP contribution in [0.4, 0.5) is 0 Å². The number of nitrogens with two attached hydrogens (primary N) is 1. The Morgan fingerprint density at radius 1 is 0.880 bits per heavy atom. The van der Waals surface area contributed by atoms with E-state index in [9.17, 15) is 14.4 Å². The first kappa shape index (κ1) is 17.2. The molecule has 6 nitrogen and oxygen atoms in total. The molecule has 2 aromatic rings. The van der Waals surface area contributed by atoms with Crippen LogP contribution in [-0.4, -0.2) is 53.7 Å². The summed E-state index contributed by atoms with van der Waals surface area (Å²) in [6.07, 6.45) is 0.719. The Morgan fingerprint density at radius 2 is 1.52 bits per heavy atom. The minimum absolute atomic E-state index is 0.00581. The lowest BCUT2D eigenvalue weighted by molar-refractivity contribution is 0.0719. The molecule has 25 heavy (non-hydrogen) atoms. The van der Waals surface area contributed by atoms with E-state index in [0.717, 1.165) is 6.42 Å². The molecule has 7 heteroatoms. The third-order valence-electron chi connectivity index (χ3n) is 4.23. The molecular formula is C18H19N3O3S. The lowest BCUT2D eigenvalue weighted by Gasteiger charge is -2.22. The number of amides is 3. The van der Waals surface area contributed by atoms with Gasteiger partial charge in [0.05, 0.1) is 5.56 Å². The smallest absolute Gasteiger partial charge is 0.254 e. The van der Waals surface area contributed by atoms with Gasteiger partial charge in [-0.05, 0) is 36.1 Å². The molecule has 1 aromatic heterocycles. The predicted molar refractivity (Wildman–Crippen MR) is 95.7 cm³/mol. The largest absolute Gasteiger partial charge is 0.366 e. The van der Waals surface area contributed by atoms with Gasteiger partial charge >= 0.3 is 0 Å². The second kappa shape index (κ2) is 7.48. The van der Waals surface area contributed by atoms with Crippen molar-refractivity contribution >= 4 is 29.1 Å². The molecule has 3 amide bonds. The Balaban J connectivity index is 1.68. The first-order valence-electron chi connectivity index (χ1n) is 8.07. The van der Waals surface area contributed by atoms with Crippen LogP contribution in [0.5, 0.6) is 0 Å². The van der Waals surface area contributed by atoms with E-state index < -0.39 is 5.91 Å². The highest BCUT2D eigenvalue weighted by atomic mass is 32.1. The van der Waals surface area contributed by atoms with Crippen LogP contribution in [0.25, 0.3) is 0 Å². The normalized spacial score (nSPS) is 14.9. The number of hydrogen-bond acceptors (Lipinski definition) is 4. The van der Waals surface area contributed by atoms with Crippen LogP contribution in [0.3, 0.4) is 0 Å². The summed E-state index contributed by atoms with van der Waals surface area (Å²) in [6, 6.07) is 8.24. The molecule has 0 atom stereocenters. The van der Waals surface area contributed by atoms with Crippen LogP contribution in [0.15, 0.2) is 41.1 Å². The molecule has 1 fully saturated rings. The zero-order valence-corrected chi connectivity index (χ0v) is 14.5. The van der Waals surface area contributed by atoms with E-state index in [-0.39, 0.29) is 11.8 Å². The molecule has 1 aliphatic heterocycles. The summed E-state index contributed by atoms with van der Waals surface area (Å²) in [7, 11) is 0. The summed E-state index contributed by atoms with van der Waals surface area (Å²) in [5.74, 6) is -0.697. The molecule has 0 bridgehead atoms. The van der Waals surface area contributed by atoms with Crippen molar-refractivity contribution in [2.24, 2.45) is 5.73 Å². The van der Waals surface area contributed by atoms with E-state index in [4.69, 9.17) is 5.73 Å². The van der Waals surface area contributed by atoms with Gasteiger partial charge in [0.1, 0.15) is 0 Å². The predicted octanol–water partition coefficient (Wildman–Crippen LogP) is 1.84. The summed E-state index contributed by atoms with van der Waals surface area (Å²) >= 11 is 1.49. The molecule has 0 spiro atoms. The SMILES string of the molecule is NC(=O)c1cccc(C(=O)N2CCCN(C(=O)c3ccsc3)CC2)c1. The van der Waals surface area contributed by atoms with Crippen LogP contribution in [0, 0.1) is 0 Å². The van der Waals surface area contributed by atoms with Gasteiger partial charge in [0, 0.05) is 42.7 Å². The molecule has 1 aliphatic rings. The maximum Gasteiger partial charge on any atom is 0.254 e. The van der Waals surface area contributed by atoms with Crippen molar-refractivity contribution in [2.45, 2.75) is 6.42 Å². The minimum atomic E-state index is -0.557. The van der Waals surface area contributed by atoms with Crippen molar-refractivity contribution in [3.8, 4) is 0 Å². The average molecular weight is 357 g/mol. The molecule has 1 saturated heterocycles. The van der Waals surface area contributed by atoms with Gasteiger partial charge < -0.3 is 15.5 Å². The quantitative estimate of drug-likeness (QED) is 0.910. The van der Waals surface area contributed by atoms with Gasteiger partial charge in [-0.15, -0.1) is 0 Å². The van der Waals surface area contributed by atoms with Gasteiger partial charge in [-0.25, -0.2) is 0 Å². The molecule has 1 aromatic carbocycles. The molecule has 2 heterocycles. The molecule has 0 saturated carbocycles. The Labute approximate surface area is 149 Å². The fourth-order valence-electron chi connectivity index (χ4n) is 2.88. The van der Waals surface area contributed by atoms with Crippen molar-refractivity contribution < 1.29 is 14.4 Å². The Bertz CT molecular complexity index is 789. The minimum Gasteiger partial charge on any atom is -0.366 e. The zero-order chi connectivity index (χ0) is 17.8. The van der Waals surface area contributed by atoms with Gasteiger partial charge in [-0.2, -0.15) is 11.3 Å². The number of carbonyl (C=O) groups is 3. The molecule has 2 N–H and O–H groups in total. The highest BCUT2D eigenvalue weighted by Gasteiger charge is 2.24. The van der Waals surface area contributed by atoms with Crippen molar-refractivity contribution in [3.05, 3.63) is 57.8 Å². The molecule has 0 radical (unpaired) electrons. The number of benzene rings is 1. The number of thiophene rings is 1. The summed E-state index contributed by atoms with van der Waals surface area (Å²) in [5, 5.41) is 3.72. The van der Waals surface area contributed by atoms with Crippen LogP contribution in [-0.2, 0) is 0 Å². The van der Waals surface area contributed by atoms with Gasteiger partial charge in [-0.3, -0.25) is 14.4 Å². The number of primary amides is 1. The highest BCUT2D eigenvalue weighted by molar-refractivity contribution is 7.08. The summed E-state index contributed by atoms with van der Waals surface area (Å²) in [5.41, 5.74) is 6.72. The number of rotatable bonds is 3. The van der Waals surface area contributed by atoms with E-state index in [0.29, 0.717) is 42.9 Å². The lowest BCUT2D eigenvalue weighted by atomic mass is 10.1. The van der Waals surface area contributed by atoms with E-state index in [1.54, 1.807) is 28.0 Å². The molecule has 0 unspecified atom stereocenters. The zero-order valence-electron chi connectivity index (χ0n) is 13.7. The van der Waals surface area contributed by atoms with E-state index in [2.05, 4.69) is 0 Å². The van der Waals surface area contributed by atoms with E-state index >= 15 is 0 Å². The van der Waals surface area contributed by atoms with Crippen LogP contribution in [0.1, 0.15) is 37.5 Å². The van der Waals surface area contributed by atoms with Crippen LogP contribution in [0.2, 0.25) is 0 Å². The molecule has 0 aliphatic carbocycles. The van der Waals surface area contributed by atoms with Gasteiger partial charge in [-0.1, -0.05) is 6.07 Å². The maximum absolute atomic E-state index is 12.7. The molecular weight excluding hydrogens is 338 g/mol. The van der Waals surface area contributed by atoms with Gasteiger partial charge in [0.25, 0.3) is 11.8 Å². The van der Waals surface area contributed by atoms with Gasteiger partial charge in [0.2, 0.25) is 5.91 Å². The second-order valence-electron chi connectivity index (χ2n) is 5.90. The lowest BCUT2D eigenvalue weighted by Crippen LogP contribution is -2.37. The van der Waals surface area contributed by atoms with Crippen LogP contribution >= 0.6 is 11.3 Å². The fourth-order valence-corrected chi connectivity index (χ4v) is 3.51. The number of hydrogen-bond donors (Lipinski definition) is 1. The fraction of sp³-hybridized carbons (Fsp3) is 0.278. The standard InChI is InChI=1S/C18H19N3O3S/c19-16(22)13-3-1-4-14(11-13)17(23)20-6-2-7-21(9-8-20)18(24)15-5-10-25-12-15/h1,3-5,10-12H,2,6-9H2,(H2,19,22). The van der Waals surface area contributed by atoms with Crippen molar-refractivity contribution in [3.63, 3.8) is 0 Å². The Hall–Kier alpha value is -2.67. The maximum atomic E-state index is 12.7. The first-order valence-corrected chi connectivity index (χ1v) is 9.01. The molecule has 3 rings (SSSR count). The molecule has 130 valence electrons. The van der Waals surface area contributed by atoms with Crippen molar-refractivity contribution in [1.82, 2.24) is 9.80 Å². The van der Waals surface area contributed by atoms with E-state index in [1.165, 1.54) is 17.4 Å². The van der Waals surface area contributed by atoms with Crippen molar-refractivity contribution in [2.75, 3.05) is 26.2 Å². The van der Waals surface area contributed by atoms with Crippen LogP contribution < -0.4 is 5.73 Å². The third kappa shape index (κ3) is 3.88. The Kier molecular flexibility index (Phi) is 5.14. The topological polar surface area (TPSA) is 83.7 Å². The van der Waals surface area contributed by atoms with Crippen molar-refractivity contribution in [1.29, 1.82) is 0 Å². The third-order valence-corrected chi connectivity index (χ3v) is 4.92. The van der Waals surface area contributed by atoms with E-state index in [1.807, 2.05) is 16.8 Å². The monoisotopic (exact) mass is 357 g/mol. The second-order valence-corrected chi connectivity index (χ2v) is 6.68. The summed E-state index contributed by atoms with van der Waals surface area (Å²) in [6.45, 7) is 2.16. The highest BCUT2D eigenvalue weighted by Crippen LogP contribution is 2.14. The summed E-state index contributed by atoms with van der Waals surface area (Å²) < 4.78 is 0. The number of carbonyl (C=O) groups excluding carboxylic acids is 3. The number of nitrogens with zero attached hydrogens (tertiary/aromatic N) is 2. The first-order chi connectivity index (χ1) is 12.1. The Morgan fingerprint density at radius 3 is 2.12 bits per heavy atom. The van der Waals surface area contributed by atoms with Gasteiger partial charge in [0.15, 0.2) is 0 Å². The summed E-state index contributed by atoms with van der Waals surface area (Å²) in [4.78, 5) is 40.0. The average Bonchev–Trinajstić information content (AvgIpc) is 3.05.